The van der Waals surface area contributed by atoms with E-state index in [4.69, 9.17) is 17.3 Å². The van der Waals surface area contributed by atoms with Gasteiger partial charge in [0.2, 0.25) is 0 Å². The molecule has 1 fully saturated rings. The van der Waals surface area contributed by atoms with Crippen LogP contribution >= 0.6 is 24.0 Å². The zero-order chi connectivity index (χ0) is 24.5. The van der Waals surface area contributed by atoms with Gasteiger partial charge in [0.05, 0.1) is 11.4 Å². The number of carbonyl (C=O) groups is 1. The van der Waals surface area contributed by atoms with Crippen molar-refractivity contribution >= 4 is 57.1 Å². The normalized spacial score (nSPS) is 17.7. The molecular formula is C29H20N4OS2. The Kier molecular flexibility index (Phi) is 5.85. The fourth-order valence-corrected chi connectivity index (χ4v) is 5.63. The van der Waals surface area contributed by atoms with Gasteiger partial charge in [-0.3, -0.25) is 14.6 Å². The van der Waals surface area contributed by atoms with Gasteiger partial charge in [-0.2, -0.15) is 5.10 Å². The lowest BCUT2D eigenvalue weighted by atomic mass is 10.2. The van der Waals surface area contributed by atoms with Gasteiger partial charge in [-0.25, -0.2) is 5.01 Å². The molecule has 6 rings (SSSR count). The average molecular weight is 505 g/mol. The molecule has 4 aromatic rings. The SMILES string of the molecule is O=C1/C(=C2\SC(c3ccccc3)=NN2c2ccccc2)N(c2ccccc2)C(=S)N1c1ccccc1. The van der Waals surface area contributed by atoms with Crippen molar-refractivity contribution in [3.8, 4) is 0 Å². The summed E-state index contributed by atoms with van der Waals surface area (Å²) in [5, 5.41) is 8.71. The molecule has 0 unspecified atom stereocenters. The summed E-state index contributed by atoms with van der Waals surface area (Å²) in [5.74, 6) is -0.192. The summed E-state index contributed by atoms with van der Waals surface area (Å²) >= 11 is 7.40. The third-order valence-electron chi connectivity index (χ3n) is 5.84. The number of rotatable bonds is 4. The quantitative estimate of drug-likeness (QED) is 0.231. The van der Waals surface area contributed by atoms with Crippen LogP contribution in [0.3, 0.4) is 0 Å². The molecule has 2 aliphatic rings. The number of hydrazone groups is 1. The van der Waals surface area contributed by atoms with Crippen molar-refractivity contribution in [1.29, 1.82) is 0 Å². The second-order valence-electron chi connectivity index (χ2n) is 8.10. The first-order valence-corrected chi connectivity index (χ1v) is 12.6. The van der Waals surface area contributed by atoms with E-state index in [2.05, 4.69) is 0 Å². The van der Waals surface area contributed by atoms with Crippen LogP contribution in [0.2, 0.25) is 0 Å². The minimum Gasteiger partial charge on any atom is -0.279 e. The van der Waals surface area contributed by atoms with Crippen LogP contribution in [0.15, 0.2) is 137 Å². The van der Waals surface area contributed by atoms with Crippen molar-refractivity contribution < 1.29 is 4.79 Å². The Balaban J connectivity index is 1.56. The lowest BCUT2D eigenvalue weighted by Crippen LogP contribution is -2.32. The highest BCUT2D eigenvalue weighted by Crippen LogP contribution is 2.43. The number of hydrogen-bond acceptors (Lipinski definition) is 5. The standard InChI is InChI=1S/C29H20N4OS2/c34-27-25(31(22-15-7-2-8-16-22)29(35)32(27)23-17-9-3-10-18-23)28-33(24-19-11-4-12-20-24)30-26(36-28)21-13-5-1-6-14-21/h1-20H/b28-25+. The van der Waals surface area contributed by atoms with Gasteiger partial charge in [0, 0.05) is 11.3 Å². The molecule has 0 aliphatic carbocycles. The van der Waals surface area contributed by atoms with Crippen LogP contribution in [-0.4, -0.2) is 16.1 Å². The number of thiocarbonyl (C=S) groups is 1. The predicted molar refractivity (Wildman–Crippen MR) is 152 cm³/mol. The molecule has 0 bridgehead atoms. The summed E-state index contributed by atoms with van der Waals surface area (Å²) in [6.45, 7) is 0. The first-order valence-electron chi connectivity index (χ1n) is 11.4. The number of benzene rings is 4. The highest BCUT2D eigenvalue weighted by Gasteiger charge is 2.45. The van der Waals surface area contributed by atoms with Crippen molar-refractivity contribution in [2.75, 3.05) is 14.8 Å². The van der Waals surface area contributed by atoms with Crippen molar-refractivity contribution in [3.63, 3.8) is 0 Å². The molecule has 2 heterocycles. The Morgan fingerprint density at radius 2 is 1.08 bits per heavy atom. The van der Waals surface area contributed by atoms with Crippen LogP contribution in [0, 0.1) is 0 Å². The third kappa shape index (κ3) is 3.88. The molecule has 0 saturated carbocycles. The molecule has 2 aliphatic heterocycles. The second kappa shape index (κ2) is 9.45. The van der Waals surface area contributed by atoms with Crippen LogP contribution in [0.4, 0.5) is 17.1 Å². The molecule has 1 amide bonds. The van der Waals surface area contributed by atoms with Crippen molar-refractivity contribution in [2.24, 2.45) is 5.10 Å². The molecule has 1 saturated heterocycles. The second-order valence-corrected chi connectivity index (χ2v) is 9.45. The zero-order valence-corrected chi connectivity index (χ0v) is 20.7. The number of nitrogens with zero attached hydrogens (tertiary/aromatic N) is 4. The molecule has 36 heavy (non-hydrogen) atoms. The Morgan fingerprint density at radius 3 is 1.64 bits per heavy atom. The summed E-state index contributed by atoms with van der Waals surface area (Å²) in [6, 6.07) is 39.1. The van der Waals surface area contributed by atoms with E-state index in [9.17, 15) is 4.79 Å². The Morgan fingerprint density at radius 1 is 0.611 bits per heavy atom. The minimum absolute atomic E-state index is 0.192. The minimum atomic E-state index is -0.192. The van der Waals surface area contributed by atoms with Crippen LogP contribution < -0.4 is 14.8 Å². The molecule has 0 N–H and O–H groups in total. The number of amides is 1. The Hall–Kier alpha value is -4.20. The van der Waals surface area contributed by atoms with Crippen LogP contribution in [-0.2, 0) is 4.79 Å². The third-order valence-corrected chi connectivity index (χ3v) is 7.28. The average Bonchev–Trinajstić information content (AvgIpc) is 3.49. The van der Waals surface area contributed by atoms with E-state index in [0.29, 0.717) is 15.8 Å². The van der Waals surface area contributed by atoms with Gasteiger partial charge in [-0.05, 0) is 60.4 Å². The van der Waals surface area contributed by atoms with E-state index in [1.807, 2.05) is 131 Å². The monoisotopic (exact) mass is 504 g/mol. The van der Waals surface area contributed by atoms with Crippen molar-refractivity contribution in [1.82, 2.24) is 0 Å². The first kappa shape index (κ1) is 22.3. The molecule has 0 aromatic heterocycles. The number of hydrogen-bond donors (Lipinski definition) is 0. The molecule has 0 spiro atoms. The number of thioether (sulfide) groups is 1. The lowest BCUT2D eigenvalue weighted by Gasteiger charge is -2.23. The number of para-hydroxylation sites is 3. The van der Waals surface area contributed by atoms with Crippen LogP contribution in [0.25, 0.3) is 0 Å². The topological polar surface area (TPSA) is 39.2 Å². The highest BCUT2D eigenvalue weighted by atomic mass is 32.2. The highest BCUT2D eigenvalue weighted by molar-refractivity contribution is 8.18. The maximum Gasteiger partial charge on any atom is 0.284 e. The van der Waals surface area contributed by atoms with Gasteiger partial charge >= 0.3 is 0 Å². The van der Waals surface area contributed by atoms with Crippen LogP contribution in [0.5, 0.6) is 0 Å². The fraction of sp³-hybridized carbons (Fsp3) is 0. The van der Waals surface area contributed by atoms with Crippen molar-refractivity contribution in [2.45, 2.75) is 0 Å². The van der Waals surface area contributed by atoms with Gasteiger partial charge in [0.15, 0.2) is 5.11 Å². The Bertz CT molecular complexity index is 1490. The van der Waals surface area contributed by atoms with E-state index in [1.165, 1.54) is 11.8 Å². The molecule has 0 radical (unpaired) electrons. The fourth-order valence-electron chi connectivity index (χ4n) is 4.17. The maximum atomic E-state index is 14.2. The van der Waals surface area contributed by atoms with E-state index in [1.54, 1.807) is 4.90 Å². The Labute approximate surface area is 219 Å². The summed E-state index contributed by atoms with van der Waals surface area (Å²) in [4.78, 5) is 17.6. The molecule has 4 aromatic carbocycles. The molecule has 5 nitrogen and oxygen atoms in total. The van der Waals surface area contributed by atoms with Gasteiger partial charge in [-0.15, -0.1) is 0 Å². The first-order chi connectivity index (χ1) is 17.7. The number of anilines is 3. The van der Waals surface area contributed by atoms with E-state index in [-0.39, 0.29) is 5.91 Å². The summed E-state index contributed by atoms with van der Waals surface area (Å²) in [7, 11) is 0. The predicted octanol–water partition coefficient (Wildman–Crippen LogP) is 6.61. The molecule has 0 atom stereocenters. The van der Waals surface area contributed by atoms with Gasteiger partial charge in [-0.1, -0.05) is 84.9 Å². The zero-order valence-electron chi connectivity index (χ0n) is 19.1. The van der Waals surface area contributed by atoms with E-state index < -0.39 is 0 Å². The van der Waals surface area contributed by atoms with Gasteiger partial charge < -0.3 is 0 Å². The van der Waals surface area contributed by atoms with Gasteiger partial charge in [0.1, 0.15) is 15.8 Å². The number of carbonyl (C=O) groups excluding carboxylic acids is 1. The van der Waals surface area contributed by atoms with Crippen molar-refractivity contribution in [3.05, 3.63) is 138 Å². The summed E-state index contributed by atoms with van der Waals surface area (Å²) in [5.41, 5.74) is 3.86. The molecule has 174 valence electrons. The van der Waals surface area contributed by atoms with Crippen LogP contribution in [0.1, 0.15) is 5.56 Å². The summed E-state index contributed by atoms with van der Waals surface area (Å²) in [6.07, 6.45) is 0. The lowest BCUT2D eigenvalue weighted by molar-refractivity contribution is -0.113. The smallest absolute Gasteiger partial charge is 0.279 e. The van der Waals surface area contributed by atoms with Gasteiger partial charge in [0.25, 0.3) is 5.91 Å². The largest absolute Gasteiger partial charge is 0.284 e. The van der Waals surface area contributed by atoms with E-state index >= 15 is 0 Å². The maximum absolute atomic E-state index is 14.2. The summed E-state index contributed by atoms with van der Waals surface area (Å²) < 4.78 is 0. The molecule has 7 heteroatoms. The van der Waals surface area contributed by atoms with E-state index in [0.717, 1.165) is 27.7 Å². The molecular weight excluding hydrogens is 484 g/mol.